The van der Waals surface area contributed by atoms with Gasteiger partial charge in [0.2, 0.25) is 0 Å². The Balaban J connectivity index is 2.49. The van der Waals surface area contributed by atoms with Crippen LogP contribution in [0.4, 0.5) is 4.39 Å². The molecule has 4 heteroatoms. The molecule has 0 fully saturated rings. The molecule has 2 rings (SSSR count). The molecule has 112 valence electrons. The fraction of sp³-hybridized carbons (Fsp3) is 0.294. The molecule has 0 aliphatic heterocycles. The molecule has 0 saturated carbocycles. The largest absolute Gasteiger partial charge is 0.494 e. The molecule has 0 amide bonds. The third-order valence-corrected chi connectivity index (χ3v) is 3.67. The van der Waals surface area contributed by atoms with Crippen molar-refractivity contribution in [2.45, 2.75) is 19.9 Å². The smallest absolute Gasteiger partial charge is 0.124 e. The van der Waals surface area contributed by atoms with E-state index in [-0.39, 0.29) is 11.9 Å². The summed E-state index contributed by atoms with van der Waals surface area (Å²) in [6, 6.07) is 12.5. The van der Waals surface area contributed by atoms with E-state index in [9.17, 15) is 4.39 Å². The Morgan fingerprint density at radius 3 is 2.67 bits per heavy atom. The number of hydrogen-bond donors (Lipinski definition) is 1. The van der Waals surface area contributed by atoms with Crippen molar-refractivity contribution in [1.82, 2.24) is 5.32 Å². The summed E-state index contributed by atoms with van der Waals surface area (Å²) in [4.78, 5) is 0. The summed E-state index contributed by atoms with van der Waals surface area (Å²) >= 11 is 3.50. The van der Waals surface area contributed by atoms with Gasteiger partial charge < -0.3 is 10.1 Å². The minimum absolute atomic E-state index is 0.107. The number of rotatable bonds is 6. The third kappa shape index (κ3) is 4.05. The fourth-order valence-corrected chi connectivity index (χ4v) is 2.71. The summed E-state index contributed by atoms with van der Waals surface area (Å²) in [7, 11) is 0. The number of nitrogens with one attached hydrogen (secondary N) is 1. The van der Waals surface area contributed by atoms with Crippen molar-refractivity contribution in [3.63, 3.8) is 0 Å². The zero-order valence-electron chi connectivity index (χ0n) is 12.2. The van der Waals surface area contributed by atoms with Gasteiger partial charge in [-0.1, -0.05) is 35.0 Å². The third-order valence-electron chi connectivity index (χ3n) is 3.17. The molecule has 1 N–H and O–H groups in total. The molecule has 1 atom stereocenters. The molecule has 0 heterocycles. The van der Waals surface area contributed by atoms with E-state index < -0.39 is 0 Å². The van der Waals surface area contributed by atoms with Crippen molar-refractivity contribution in [3.05, 3.63) is 63.9 Å². The van der Waals surface area contributed by atoms with Crippen molar-refractivity contribution in [1.29, 1.82) is 0 Å². The highest BCUT2D eigenvalue weighted by Gasteiger charge is 2.18. The predicted octanol–water partition coefficient (Wildman–Crippen LogP) is 4.69. The van der Waals surface area contributed by atoms with Crippen LogP contribution in [-0.4, -0.2) is 13.2 Å². The Bertz CT molecular complexity index is 603. The zero-order valence-corrected chi connectivity index (χ0v) is 13.8. The highest BCUT2D eigenvalue weighted by atomic mass is 79.9. The lowest BCUT2D eigenvalue weighted by molar-refractivity contribution is 0.333. The number of ether oxygens (including phenoxy) is 1. The van der Waals surface area contributed by atoms with E-state index >= 15 is 0 Å². The van der Waals surface area contributed by atoms with Crippen LogP contribution in [0.5, 0.6) is 5.75 Å². The van der Waals surface area contributed by atoms with Crippen LogP contribution in [0.3, 0.4) is 0 Å². The lowest BCUT2D eigenvalue weighted by atomic mass is 9.97. The topological polar surface area (TPSA) is 21.3 Å². The van der Waals surface area contributed by atoms with E-state index in [1.165, 1.54) is 6.07 Å². The Hall–Kier alpha value is -1.39. The van der Waals surface area contributed by atoms with Crippen LogP contribution < -0.4 is 10.1 Å². The van der Waals surface area contributed by atoms with Gasteiger partial charge in [0, 0.05) is 10.0 Å². The highest BCUT2D eigenvalue weighted by Crippen LogP contribution is 2.32. The minimum Gasteiger partial charge on any atom is -0.494 e. The maximum Gasteiger partial charge on any atom is 0.124 e. The van der Waals surface area contributed by atoms with Crippen molar-refractivity contribution < 1.29 is 9.13 Å². The van der Waals surface area contributed by atoms with Crippen LogP contribution in [0.2, 0.25) is 0 Å². The molecule has 2 nitrogen and oxygen atoms in total. The van der Waals surface area contributed by atoms with Gasteiger partial charge >= 0.3 is 0 Å². The summed E-state index contributed by atoms with van der Waals surface area (Å²) in [5.74, 6) is 0.583. The molecule has 2 aromatic carbocycles. The molecule has 0 spiro atoms. The van der Waals surface area contributed by atoms with Crippen LogP contribution in [0.15, 0.2) is 46.9 Å². The predicted molar refractivity (Wildman–Crippen MR) is 87.2 cm³/mol. The van der Waals surface area contributed by atoms with Crippen molar-refractivity contribution >= 4 is 15.9 Å². The van der Waals surface area contributed by atoms with E-state index in [2.05, 4.69) is 21.2 Å². The summed E-state index contributed by atoms with van der Waals surface area (Å²) in [5.41, 5.74) is 1.88. The average Bonchev–Trinajstić information content (AvgIpc) is 2.47. The quantitative estimate of drug-likeness (QED) is 0.815. The Morgan fingerprint density at radius 2 is 2.00 bits per heavy atom. The van der Waals surface area contributed by atoms with E-state index in [1.54, 1.807) is 12.1 Å². The van der Waals surface area contributed by atoms with Crippen LogP contribution in [0.25, 0.3) is 0 Å². The second kappa shape index (κ2) is 7.57. The molecule has 2 aromatic rings. The SMILES string of the molecule is CCNC(c1cccc(F)c1)c1cc(Br)ccc1OCC. The van der Waals surface area contributed by atoms with Crippen LogP contribution >= 0.6 is 15.9 Å². The maximum atomic E-state index is 13.5. The first-order chi connectivity index (χ1) is 10.2. The van der Waals surface area contributed by atoms with Gasteiger partial charge in [-0.25, -0.2) is 4.39 Å². The van der Waals surface area contributed by atoms with Crippen LogP contribution in [0.1, 0.15) is 31.0 Å². The Morgan fingerprint density at radius 1 is 1.19 bits per heavy atom. The molecule has 1 unspecified atom stereocenters. The summed E-state index contributed by atoms with van der Waals surface area (Å²) in [5, 5.41) is 3.40. The van der Waals surface area contributed by atoms with Gasteiger partial charge in [0.25, 0.3) is 0 Å². The minimum atomic E-state index is -0.233. The van der Waals surface area contributed by atoms with Gasteiger partial charge in [0.05, 0.1) is 12.6 Å². The molecular formula is C17H19BrFNO. The van der Waals surface area contributed by atoms with Gasteiger partial charge in [-0.2, -0.15) is 0 Å². The maximum absolute atomic E-state index is 13.5. The van der Waals surface area contributed by atoms with E-state index in [4.69, 9.17) is 4.74 Å². The lowest BCUT2D eigenvalue weighted by Crippen LogP contribution is -2.23. The molecule has 0 aliphatic carbocycles. The average molecular weight is 352 g/mol. The molecule has 0 bridgehead atoms. The second-order valence-electron chi connectivity index (χ2n) is 4.66. The fourth-order valence-electron chi connectivity index (χ4n) is 2.33. The van der Waals surface area contributed by atoms with E-state index in [0.29, 0.717) is 6.61 Å². The van der Waals surface area contributed by atoms with Crippen molar-refractivity contribution in [2.75, 3.05) is 13.2 Å². The molecular weight excluding hydrogens is 333 g/mol. The molecule has 0 radical (unpaired) electrons. The van der Waals surface area contributed by atoms with Crippen molar-refractivity contribution in [3.8, 4) is 5.75 Å². The monoisotopic (exact) mass is 351 g/mol. The first kappa shape index (κ1) is 16.0. The molecule has 21 heavy (non-hydrogen) atoms. The van der Waals surface area contributed by atoms with E-state index in [0.717, 1.165) is 27.9 Å². The molecule has 0 aromatic heterocycles. The standard InChI is InChI=1S/C17H19BrFNO/c1-3-20-17(12-6-5-7-14(19)10-12)15-11-13(18)8-9-16(15)21-4-2/h5-11,17,20H,3-4H2,1-2H3. The zero-order chi connectivity index (χ0) is 15.2. The second-order valence-corrected chi connectivity index (χ2v) is 5.58. The van der Waals surface area contributed by atoms with Gasteiger partial charge in [-0.05, 0) is 49.4 Å². The first-order valence-electron chi connectivity index (χ1n) is 7.06. The summed E-state index contributed by atoms with van der Waals surface area (Å²) in [6.07, 6.45) is 0. The van der Waals surface area contributed by atoms with Crippen molar-refractivity contribution in [2.24, 2.45) is 0 Å². The number of hydrogen-bond acceptors (Lipinski definition) is 2. The number of benzene rings is 2. The van der Waals surface area contributed by atoms with Crippen LogP contribution in [-0.2, 0) is 0 Å². The highest BCUT2D eigenvalue weighted by molar-refractivity contribution is 9.10. The van der Waals surface area contributed by atoms with E-state index in [1.807, 2.05) is 38.1 Å². The first-order valence-corrected chi connectivity index (χ1v) is 7.86. The normalized spacial score (nSPS) is 12.2. The Labute approximate surface area is 133 Å². The molecule has 0 saturated heterocycles. The summed E-state index contributed by atoms with van der Waals surface area (Å²) in [6.45, 7) is 5.36. The van der Waals surface area contributed by atoms with Gasteiger partial charge in [0.15, 0.2) is 0 Å². The lowest BCUT2D eigenvalue weighted by Gasteiger charge is -2.22. The molecule has 0 aliphatic rings. The van der Waals surface area contributed by atoms with Crippen LogP contribution in [0, 0.1) is 5.82 Å². The number of halogens is 2. The van der Waals surface area contributed by atoms with Gasteiger partial charge in [0.1, 0.15) is 11.6 Å². The Kier molecular flexibility index (Phi) is 5.76. The van der Waals surface area contributed by atoms with Gasteiger partial charge in [-0.3, -0.25) is 0 Å². The van der Waals surface area contributed by atoms with Gasteiger partial charge in [-0.15, -0.1) is 0 Å². The summed E-state index contributed by atoms with van der Waals surface area (Å²) < 4.78 is 20.2.